The minimum absolute atomic E-state index is 0.0377. The van der Waals surface area contributed by atoms with Crippen LogP contribution in [-0.4, -0.2) is 90.2 Å². The molecule has 2 aliphatic heterocycles. The van der Waals surface area contributed by atoms with E-state index < -0.39 is 0 Å². The van der Waals surface area contributed by atoms with Gasteiger partial charge in [0.2, 0.25) is 5.91 Å². The quantitative estimate of drug-likeness (QED) is 0.539. The summed E-state index contributed by atoms with van der Waals surface area (Å²) in [5.74, 6) is 0.154. The van der Waals surface area contributed by atoms with Crippen LogP contribution in [0.3, 0.4) is 0 Å². The van der Waals surface area contributed by atoms with Gasteiger partial charge in [0.1, 0.15) is 0 Å². The Labute approximate surface area is 209 Å². The molecule has 1 atom stereocenters. The van der Waals surface area contributed by atoms with Crippen molar-refractivity contribution in [2.24, 2.45) is 0 Å². The molecule has 3 heterocycles. The molecule has 1 aromatic carbocycles. The predicted molar refractivity (Wildman–Crippen MR) is 130 cm³/mol. The van der Waals surface area contributed by atoms with Gasteiger partial charge in [-0.3, -0.25) is 9.59 Å². The van der Waals surface area contributed by atoms with Crippen LogP contribution in [0.4, 0.5) is 0 Å². The zero-order chi connectivity index (χ0) is 24.1. The van der Waals surface area contributed by atoms with Gasteiger partial charge in [0.25, 0.3) is 5.91 Å². The summed E-state index contributed by atoms with van der Waals surface area (Å²) in [4.78, 5) is 32.0. The van der Waals surface area contributed by atoms with Crippen LogP contribution in [-0.2, 0) is 9.53 Å². The number of piperazine rings is 1. The smallest absolute Gasteiger partial charge is 0.276 e. The maximum absolute atomic E-state index is 13.3. The van der Waals surface area contributed by atoms with E-state index in [4.69, 9.17) is 32.5 Å². The summed E-state index contributed by atoms with van der Waals surface area (Å²) in [6.45, 7) is 7.74. The fraction of sp³-hybridized carbons (Fsp3) is 0.542. The zero-order valence-electron chi connectivity index (χ0n) is 19.3. The Bertz CT molecular complexity index is 1000. The molecule has 2 amide bonds. The molecule has 2 fully saturated rings. The number of benzene rings is 1. The van der Waals surface area contributed by atoms with Gasteiger partial charge in [0.05, 0.1) is 11.1 Å². The molecule has 184 valence electrons. The van der Waals surface area contributed by atoms with Crippen LogP contribution in [0.1, 0.15) is 36.7 Å². The highest BCUT2D eigenvalue weighted by Crippen LogP contribution is 2.31. The molecule has 2 saturated heterocycles. The topological polar surface area (TPSA) is 79.1 Å². The molecule has 4 rings (SSSR count). The van der Waals surface area contributed by atoms with Gasteiger partial charge in [0.15, 0.2) is 11.5 Å². The second-order valence-corrected chi connectivity index (χ2v) is 9.50. The van der Waals surface area contributed by atoms with Crippen LogP contribution in [0.15, 0.2) is 28.8 Å². The summed E-state index contributed by atoms with van der Waals surface area (Å²) in [7, 11) is 0. The van der Waals surface area contributed by atoms with Crippen LogP contribution in [0, 0.1) is 0 Å². The minimum atomic E-state index is -0.292. The summed E-state index contributed by atoms with van der Waals surface area (Å²) in [6.07, 6.45) is 2.08. The molecule has 0 bridgehead atoms. The Morgan fingerprint density at radius 1 is 1.18 bits per heavy atom. The van der Waals surface area contributed by atoms with E-state index in [1.54, 1.807) is 29.2 Å². The number of aromatic nitrogens is 1. The molecule has 0 aliphatic carbocycles. The number of nitrogens with zero attached hydrogens (tertiary/aromatic N) is 4. The van der Waals surface area contributed by atoms with Gasteiger partial charge in [-0.1, -0.05) is 35.3 Å². The first-order chi connectivity index (χ1) is 16.4. The third kappa shape index (κ3) is 6.10. The molecule has 2 aromatic rings. The van der Waals surface area contributed by atoms with Gasteiger partial charge in [-0.05, 0) is 37.6 Å². The summed E-state index contributed by atoms with van der Waals surface area (Å²) in [6, 6.07) is 6.60. The summed E-state index contributed by atoms with van der Waals surface area (Å²) < 4.78 is 11.2. The highest BCUT2D eigenvalue weighted by atomic mass is 35.5. The number of halogens is 2. The van der Waals surface area contributed by atoms with Crippen LogP contribution >= 0.6 is 23.2 Å². The van der Waals surface area contributed by atoms with Crippen LogP contribution in [0.2, 0.25) is 10.0 Å². The number of likely N-dealkylation sites (N-methyl/N-ethyl adjacent to an activating group) is 1. The van der Waals surface area contributed by atoms with Gasteiger partial charge in [-0.25, -0.2) is 0 Å². The third-order valence-corrected chi connectivity index (χ3v) is 6.98. The van der Waals surface area contributed by atoms with Crippen molar-refractivity contribution in [1.82, 2.24) is 19.9 Å². The molecule has 34 heavy (non-hydrogen) atoms. The summed E-state index contributed by atoms with van der Waals surface area (Å²) >= 11 is 12.3. The Balaban J connectivity index is 1.43. The standard InChI is InChI=1S/C24H30Cl2N4O4/c1-2-28-9-11-29(12-10-28)23(31)7-8-30(16-18-4-3-13-33-18)24(32)21-15-22(34-27-21)19-6-5-17(25)14-20(19)26/h5-6,14-15,18H,2-4,7-13,16H2,1H3/t18-/m0/s1. The first kappa shape index (κ1) is 25.0. The number of carbonyl (C=O) groups is 2. The lowest BCUT2D eigenvalue weighted by Crippen LogP contribution is -2.49. The molecule has 0 saturated carbocycles. The maximum atomic E-state index is 13.3. The van der Waals surface area contributed by atoms with Crippen molar-refractivity contribution < 1.29 is 18.8 Å². The van der Waals surface area contributed by atoms with E-state index >= 15 is 0 Å². The monoisotopic (exact) mass is 508 g/mol. The fourth-order valence-corrected chi connectivity index (χ4v) is 4.87. The van der Waals surface area contributed by atoms with Gasteiger partial charge >= 0.3 is 0 Å². The number of amides is 2. The van der Waals surface area contributed by atoms with E-state index in [2.05, 4.69) is 17.0 Å². The molecule has 8 nitrogen and oxygen atoms in total. The van der Waals surface area contributed by atoms with Crippen molar-refractivity contribution >= 4 is 35.0 Å². The summed E-state index contributed by atoms with van der Waals surface area (Å²) in [5.41, 5.74) is 0.771. The largest absolute Gasteiger partial charge is 0.376 e. The van der Waals surface area contributed by atoms with E-state index in [1.807, 2.05) is 4.90 Å². The maximum Gasteiger partial charge on any atom is 0.276 e. The van der Waals surface area contributed by atoms with Gasteiger partial charge in [-0.15, -0.1) is 0 Å². The lowest BCUT2D eigenvalue weighted by atomic mass is 10.1. The van der Waals surface area contributed by atoms with E-state index in [9.17, 15) is 9.59 Å². The van der Waals surface area contributed by atoms with Crippen molar-refractivity contribution in [3.8, 4) is 11.3 Å². The molecule has 0 spiro atoms. The van der Waals surface area contributed by atoms with Crippen molar-refractivity contribution in [2.75, 3.05) is 52.4 Å². The number of carbonyl (C=O) groups excluding carboxylic acids is 2. The first-order valence-corrected chi connectivity index (χ1v) is 12.5. The van der Waals surface area contributed by atoms with Crippen molar-refractivity contribution in [1.29, 1.82) is 0 Å². The molecule has 10 heteroatoms. The van der Waals surface area contributed by atoms with Crippen LogP contribution in [0.25, 0.3) is 11.3 Å². The Morgan fingerprint density at radius 2 is 1.97 bits per heavy atom. The second-order valence-electron chi connectivity index (χ2n) is 8.65. The lowest BCUT2D eigenvalue weighted by Gasteiger charge is -2.34. The third-order valence-electron chi connectivity index (χ3n) is 6.43. The summed E-state index contributed by atoms with van der Waals surface area (Å²) in [5, 5.41) is 4.90. The Kier molecular flexibility index (Phi) is 8.47. The molecular weight excluding hydrogens is 479 g/mol. The Morgan fingerprint density at radius 3 is 2.65 bits per heavy atom. The highest BCUT2D eigenvalue weighted by Gasteiger charge is 2.28. The first-order valence-electron chi connectivity index (χ1n) is 11.8. The van der Waals surface area contributed by atoms with Gasteiger partial charge in [-0.2, -0.15) is 0 Å². The SMILES string of the molecule is CCN1CCN(C(=O)CCN(C[C@@H]2CCCO2)C(=O)c2cc(-c3ccc(Cl)cc3Cl)on2)CC1. The van der Waals surface area contributed by atoms with Crippen LogP contribution < -0.4 is 0 Å². The van der Waals surface area contributed by atoms with Gasteiger partial charge < -0.3 is 24.0 Å². The zero-order valence-corrected chi connectivity index (χ0v) is 20.9. The number of hydrogen-bond acceptors (Lipinski definition) is 6. The average Bonchev–Trinajstić information content (AvgIpc) is 3.53. The van der Waals surface area contributed by atoms with Crippen molar-refractivity contribution in [2.45, 2.75) is 32.3 Å². The van der Waals surface area contributed by atoms with Gasteiger partial charge in [0, 0.05) is 68.9 Å². The highest BCUT2D eigenvalue weighted by molar-refractivity contribution is 6.36. The molecular formula is C24H30Cl2N4O4. The molecule has 2 aliphatic rings. The normalized spacial score (nSPS) is 18.9. The van der Waals surface area contributed by atoms with E-state index in [0.717, 1.165) is 45.6 Å². The molecule has 0 radical (unpaired) electrons. The lowest BCUT2D eigenvalue weighted by molar-refractivity contribution is -0.133. The minimum Gasteiger partial charge on any atom is -0.376 e. The van der Waals surface area contributed by atoms with Crippen LogP contribution in [0.5, 0.6) is 0 Å². The number of rotatable bonds is 8. The van der Waals surface area contributed by atoms with Crippen molar-refractivity contribution in [3.63, 3.8) is 0 Å². The van der Waals surface area contributed by atoms with Crippen molar-refractivity contribution in [3.05, 3.63) is 40.0 Å². The van der Waals surface area contributed by atoms with E-state index in [-0.39, 0.29) is 30.0 Å². The number of ether oxygens (including phenoxy) is 1. The molecule has 0 unspecified atom stereocenters. The fourth-order valence-electron chi connectivity index (χ4n) is 4.37. The molecule has 1 aromatic heterocycles. The molecule has 0 N–H and O–H groups in total. The van der Waals surface area contributed by atoms with E-state index in [1.165, 1.54) is 0 Å². The average molecular weight is 509 g/mol. The Hall–Kier alpha value is -2.13. The predicted octanol–water partition coefficient (Wildman–Crippen LogP) is 3.82. The van der Waals surface area contributed by atoms with E-state index in [0.29, 0.717) is 41.1 Å². The number of hydrogen-bond donors (Lipinski definition) is 0. The second kappa shape index (κ2) is 11.5.